The molecule has 1 aromatic heterocycles. The zero-order valence-electron chi connectivity index (χ0n) is 8.19. The largest absolute Gasteiger partial charge is 0.325 e. The van der Waals surface area contributed by atoms with Crippen molar-refractivity contribution in [2.45, 2.75) is 31.2 Å². The van der Waals surface area contributed by atoms with E-state index in [0.29, 0.717) is 0 Å². The predicted octanol–water partition coefficient (Wildman–Crippen LogP) is 1.46. The van der Waals surface area contributed by atoms with Crippen molar-refractivity contribution in [3.05, 3.63) is 36.4 Å². The molecule has 0 saturated carbocycles. The van der Waals surface area contributed by atoms with Gasteiger partial charge < -0.3 is 5.73 Å². The van der Waals surface area contributed by atoms with E-state index in [1.54, 1.807) is 12.4 Å². The van der Waals surface area contributed by atoms with E-state index in [4.69, 9.17) is 5.73 Å². The van der Waals surface area contributed by atoms with E-state index < -0.39 is 0 Å². The Morgan fingerprint density at radius 2 is 2.07 bits per heavy atom. The van der Waals surface area contributed by atoms with Gasteiger partial charge in [-0.1, -0.05) is 12.2 Å². The number of hydrogen-bond acceptors (Lipinski definition) is 3. The van der Waals surface area contributed by atoms with Crippen molar-refractivity contribution in [3.8, 4) is 0 Å². The quantitative estimate of drug-likeness (QED) is 0.732. The summed E-state index contributed by atoms with van der Waals surface area (Å²) in [6.45, 7) is 0. The highest BCUT2D eigenvalue weighted by molar-refractivity contribution is 5.08. The van der Waals surface area contributed by atoms with Crippen LogP contribution in [0.2, 0.25) is 0 Å². The molecule has 0 amide bonds. The topological polar surface area (TPSA) is 51.8 Å². The molecule has 14 heavy (non-hydrogen) atoms. The Balaban J connectivity index is 1.89. The summed E-state index contributed by atoms with van der Waals surface area (Å²) in [5.41, 5.74) is 7.20. The highest BCUT2D eigenvalue weighted by Gasteiger charge is 2.25. The lowest BCUT2D eigenvalue weighted by Gasteiger charge is -2.22. The van der Waals surface area contributed by atoms with E-state index in [1.807, 2.05) is 6.20 Å². The lowest BCUT2D eigenvalue weighted by Crippen LogP contribution is -2.37. The molecule has 0 fully saturated rings. The lowest BCUT2D eigenvalue weighted by molar-refractivity contribution is 0.418. The van der Waals surface area contributed by atoms with Gasteiger partial charge in [-0.25, -0.2) is 0 Å². The van der Waals surface area contributed by atoms with Crippen molar-refractivity contribution >= 4 is 0 Å². The van der Waals surface area contributed by atoms with Crippen LogP contribution in [0.15, 0.2) is 30.7 Å². The summed E-state index contributed by atoms with van der Waals surface area (Å²) in [4.78, 5) is 8.27. The Hall–Kier alpha value is -1.22. The number of aryl methyl sites for hydroxylation is 1. The monoisotopic (exact) mass is 189 g/mol. The number of nitrogens with zero attached hydrogens (tertiary/aromatic N) is 2. The van der Waals surface area contributed by atoms with Gasteiger partial charge in [-0.05, 0) is 25.7 Å². The Labute approximate surface area is 84.1 Å². The van der Waals surface area contributed by atoms with Crippen molar-refractivity contribution in [2.24, 2.45) is 5.73 Å². The number of aromatic nitrogens is 2. The van der Waals surface area contributed by atoms with Gasteiger partial charge in [-0.2, -0.15) is 0 Å². The van der Waals surface area contributed by atoms with Gasteiger partial charge in [0.25, 0.3) is 0 Å². The standard InChI is InChI=1S/C11H15N3/c12-11(4-1-2-5-11)6-3-10-9-13-7-8-14-10/h1-2,7-9H,3-6,12H2. The molecule has 0 saturated heterocycles. The number of nitrogens with two attached hydrogens (primary N) is 1. The molecule has 1 heterocycles. The van der Waals surface area contributed by atoms with Crippen LogP contribution in [-0.2, 0) is 6.42 Å². The minimum absolute atomic E-state index is 0.0302. The summed E-state index contributed by atoms with van der Waals surface area (Å²) < 4.78 is 0. The molecular formula is C11H15N3. The first kappa shape index (κ1) is 9.34. The molecule has 0 aliphatic heterocycles. The molecule has 1 aliphatic carbocycles. The van der Waals surface area contributed by atoms with Gasteiger partial charge in [0, 0.05) is 24.1 Å². The molecule has 74 valence electrons. The van der Waals surface area contributed by atoms with Crippen LogP contribution < -0.4 is 5.73 Å². The molecular weight excluding hydrogens is 174 g/mol. The molecule has 0 atom stereocenters. The van der Waals surface area contributed by atoms with Crippen LogP contribution >= 0.6 is 0 Å². The second-order valence-corrected chi connectivity index (χ2v) is 3.94. The average Bonchev–Trinajstić information content (AvgIpc) is 2.65. The Morgan fingerprint density at radius 3 is 2.71 bits per heavy atom. The highest BCUT2D eigenvalue weighted by atomic mass is 14.8. The minimum Gasteiger partial charge on any atom is -0.325 e. The molecule has 1 aromatic rings. The maximum Gasteiger partial charge on any atom is 0.0587 e. The van der Waals surface area contributed by atoms with Gasteiger partial charge >= 0.3 is 0 Å². The Morgan fingerprint density at radius 1 is 1.29 bits per heavy atom. The molecule has 3 heteroatoms. The Bertz CT molecular complexity index is 311. The smallest absolute Gasteiger partial charge is 0.0587 e. The van der Waals surface area contributed by atoms with E-state index in [2.05, 4.69) is 22.1 Å². The second-order valence-electron chi connectivity index (χ2n) is 3.94. The molecule has 3 nitrogen and oxygen atoms in total. The maximum absolute atomic E-state index is 6.20. The lowest BCUT2D eigenvalue weighted by atomic mass is 9.91. The van der Waals surface area contributed by atoms with Crippen molar-refractivity contribution in [1.29, 1.82) is 0 Å². The molecule has 0 aromatic carbocycles. The van der Waals surface area contributed by atoms with Crippen LogP contribution in [0.25, 0.3) is 0 Å². The van der Waals surface area contributed by atoms with Gasteiger partial charge in [0.2, 0.25) is 0 Å². The molecule has 0 spiro atoms. The van der Waals surface area contributed by atoms with E-state index in [9.17, 15) is 0 Å². The van der Waals surface area contributed by atoms with Crippen molar-refractivity contribution in [3.63, 3.8) is 0 Å². The predicted molar refractivity (Wildman–Crippen MR) is 55.6 cm³/mol. The molecule has 2 N–H and O–H groups in total. The maximum atomic E-state index is 6.20. The average molecular weight is 189 g/mol. The van der Waals surface area contributed by atoms with Crippen LogP contribution in [0.1, 0.15) is 25.0 Å². The second kappa shape index (κ2) is 3.88. The first-order chi connectivity index (χ1) is 6.79. The number of hydrogen-bond donors (Lipinski definition) is 1. The summed E-state index contributed by atoms with van der Waals surface area (Å²) in [7, 11) is 0. The molecule has 0 radical (unpaired) electrons. The normalized spacial score (nSPS) is 18.6. The van der Waals surface area contributed by atoms with E-state index in [1.165, 1.54) is 0 Å². The fourth-order valence-corrected chi connectivity index (χ4v) is 1.76. The SMILES string of the molecule is NC1(CCc2cnccn2)CC=CC1. The van der Waals surface area contributed by atoms with Crippen molar-refractivity contribution in [1.82, 2.24) is 9.97 Å². The van der Waals surface area contributed by atoms with E-state index in [0.717, 1.165) is 31.4 Å². The third kappa shape index (κ3) is 2.17. The van der Waals surface area contributed by atoms with Crippen LogP contribution in [0, 0.1) is 0 Å². The van der Waals surface area contributed by atoms with Crippen LogP contribution in [-0.4, -0.2) is 15.5 Å². The minimum atomic E-state index is -0.0302. The summed E-state index contributed by atoms with van der Waals surface area (Å²) in [5, 5.41) is 0. The first-order valence-electron chi connectivity index (χ1n) is 4.97. The van der Waals surface area contributed by atoms with Gasteiger partial charge in [0.15, 0.2) is 0 Å². The molecule has 0 bridgehead atoms. The van der Waals surface area contributed by atoms with E-state index >= 15 is 0 Å². The van der Waals surface area contributed by atoms with Crippen LogP contribution in [0.3, 0.4) is 0 Å². The third-order valence-corrected chi connectivity index (χ3v) is 2.71. The fourth-order valence-electron chi connectivity index (χ4n) is 1.76. The van der Waals surface area contributed by atoms with E-state index in [-0.39, 0.29) is 5.54 Å². The van der Waals surface area contributed by atoms with Crippen LogP contribution in [0.4, 0.5) is 0 Å². The highest BCUT2D eigenvalue weighted by Crippen LogP contribution is 2.25. The summed E-state index contributed by atoms with van der Waals surface area (Å²) in [6.07, 6.45) is 13.5. The number of rotatable bonds is 3. The summed E-state index contributed by atoms with van der Waals surface area (Å²) in [6, 6.07) is 0. The fraction of sp³-hybridized carbons (Fsp3) is 0.455. The Kier molecular flexibility index (Phi) is 2.59. The van der Waals surface area contributed by atoms with Gasteiger partial charge in [-0.15, -0.1) is 0 Å². The van der Waals surface area contributed by atoms with Crippen LogP contribution in [0.5, 0.6) is 0 Å². The van der Waals surface area contributed by atoms with Gasteiger partial charge in [-0.3, -0.25) is 9.97 Å². The van der Waals surface area contributed by atoms with Crippen molar-refractivity contribution in [2.75, 3.05) is 0 Å². The first-order valence-corrected chi connectivity index (χ1v) is 4.97. The van der Waals surface area contributed by atoms with Gasteiger partial charge in [0.05, 0.1) is 5.69 Å². The van der Waals surface area contributed by atoms with Crippen molar-refractivity contribution < 1.29 is 0 Å². The zero-order chi connectivity index (χ0) is 9.86. The summed E-state index contributed by atoms with van der Waals surface area (Å²) >= 11 is 0. The zero-order valence-corrected chi connectivity index (χ0v) is 8.19. The molecule has 0 unspecified atom stereocenters. The molecule has 1 aliphatic rings. The third-order valence-electron chi connectivity index (χ3n) is 2.71. The molecule has 2 rings (SSSR count). The van der Waals surface area contributed by atoms with Gasteiger partial charge in [0.1, 0.15) is 0 Å². The summed E-state index contributed by atoms with van der Waals surface area (Å²) in [5.74, 6) is 0.